The molecule has 4 rings (SSSR count). The molecule has 1 saturated heterocycles. The van der Waals surface area contributed by atoms with Gasteiger partial charge in [-0.15, -0.1) is 0 Å². The summed E-state index contributed by atoms with van der Waals surface area (Å²) in [6, 6.07) is 20.1. The number of amidine groups is 1. The second-order valence-electron chi connectivity index (χ2n) is 8.11. The Morgan fingerprint density at radius 2 is 1.74 bits per heavy atom. The molecular weight excluding hydrogens is 404 g/mol. The van der Waals surface area contributed by atoms with Crippen molar-refractivity contribution >= 4 is 45.4 Å². The Bertz CT molecular complexity index is 1180. The summed E-state index contributed by atoms with van der Waals surface area (Å²) >= 11 is 1.40. The van der Waals surface area contributed by atoms with Gasteiger partial charge in [-0.2, -0.15) is 0 Å². The quantitative estimate of drug-likeness (QED) is 0.439. The molecule has 158 valence electrons. The van der Waals surface area contributed by atoms with Crippen molar-refractivity contribution in [2.24, 2.45) is 10.9 Å². The largest absolute Gasteiger partial charge is 0.493 e. The number of ether oxygens (including phenoxy) is 1. The third kappa shape index (κ3) is 4.67. The number of carbonyl (C=O) groups is 1. The van der Waals surface area contributed by atoms with E-state index in [0.29, 0.717) is 22.6 Å². The maximum Gasteiger partial charge on any atom is 0.266 e. The van der Waals surface area contributed by atoms with E-state index in [9.17, 15) is 4.79 Å². The average molecular weight is 431 g/mol. The molecule has 1 heterocycles. The summed E-state index contributed by atoms with van der Waals surface area (Å²) in [5.41, 5.74) is 3.01. The van der Waals surface area contributed by atoms with Gasteiger partial charge in [-0.05, 0) is 59.8 Å². The highest BCUT2D eigenvalue weighted by atomic mass is 32.2. The maximum atomic E-state index is 12.9. The topological polar surface area (TPSA) is 41.9 Å². The number of thioether (sulfide) groups is 1. The number of nitrogens with zero attached hydrogens (tertiary/aromatic N) is 2. The second kappa shape index (κ2) is 8.98. The number of fused-ring (bicyclic) bond motifs is 1. The minimum atomic E-state index is -0.0416. The first kappa shape index (κ1) is 21.2. The smallest absolute Gasteiger partial charge is 0.266 e. The van der Waals surface area contributed by atoms with Gasteiger partial charge in [0, 0.05) is 12.4 Å². The summed E-state index contributed by atoms with van der Waals surface area (Å²) in [5, 5.41) is 2.80. The Balaban J connectivity index is 1.67. The lowest BCUT2D eigenvalue weighted by molar-refractivity contribution is -0.121. The maximum absolute atomic E-state index is 12.9. The summed E-state index contributed by atoms with van der Waals surface area (Å²) in [4.78, 5) is 19.8. The molecule has 0 aromatic heterocycles. The van der Waals surface area contributed by atoms with Crippen LogP contribution >= 0.6 is 11.8 Å². The van der Waals surface area contributed by atoms with Gasteiger partial charge in [0.2, 0.25) is 0 Å². The van der Waals surface area contributed by atoms with Crippen molar-refractivity contribution in [3.63, 3.8) is 0 Å². The van der Waals surface area contributed by atoms with Crippen molar-refractivity contribution < 1.29 is 9.53 Å². The number of rotatable bonds is 5. The summed E-state index contributed by atoms with van der Waals surface area (Å²) in [5.74, 6) is 1.28. The minimum absolute atomic E-state index is 0.0416. The lowest BCUT2D eigenvalue weighted by Gasteiger charge is -2.13. The molecule has 0 atom stereocenters. The fourth-order valence-corrected chi connectivity index (χ4v) is 4.30. The van der Waals surface area contributed by atoms with Gasteiger partial charge in [0.1, 0.15) is 5.75 Å². The Kier molecular flexibility index (Phi) is 6.14. The van der Waals surface area contributed by atoms with Crippen LogP contribution in [0.2, 0.25) is 0 Å². The number of benzene rings is 3. The molecule has 1 aliphatic rings. The van der Waals surface area contributed by atoms with E-state index in [0.717, 1.165) is 27.8 Å². The molecular formula is C26H26N2O2S. The van der Waals surface area contributed by atoms with Crippen molar-refractivity contribution in [3.05, 3.63) is 76.7 Å². The molecule has 1 fully saturated rings. The van der Waals surface area contributed by atoms with E-state index < -0.39 is 0 Å². The molecule has 0 spiro atoms. The zero-order valence-corrected chi connectivity index (χ0v) is 19.1. The summed E-state index contributed by atoms with van der Waals surface area (Å²) in [6.45, 7) is 6.98. The standard InChI is InChI=1S/C26H26N2O2S/c1-17(2)16-30-23-14-11-19(21-7-5-6-8-22(21)23)15-24-25(29)28(4)26(31-24)27-20-12-9-18(3)10-13-20/h5-15,17H,16H2,1-4H3/b24-15+,27-26?. The van der Waals surface area contributed by atoms with Crippen LogP contribution in [0.15, 0.2) is 70.6 Å². The molecule has 0 bridgehead atoms. The molecule has 0 aliphatic carbocycles. The number of aliphatic imine (C=N–C) groups is 1. The molecule has 0 radical (unpaired) electrons. The monoisotopic (exact) mass is 430 g/mol. The van der Waals surface area contributed by atoms with Crippen molar-refractivity contribution in [2.45, 2.75) is 20.8 Å². The van der Waals surface area contributed by atoms with E-state index >= 15 is 0 Å². The van der Waals surface area contributed by atoms with Crippen LogP contribution in [0.1, 0.15) is 25.0 Å². The van der Waals surface area contributed by atoms with Crippen molar-refractivity contribution in [1.82, 2.24) is 4.90 Å². The third-order valence-corrected chi connectivity index (χ3v) is 6.10. The van der Waals surface area contributed by atoms with Crippen LogP contribution in [0.25, 0.3) is 16.8 Å². The first-order valence-corrected chi connectivity index (χ1v) is 11.2. The molecule has 4 nitrogen and oxygen atoms in total. The van der Waals surface area contributed by atoms with Gasteiger partial charge < -0.3 is 4.74 Å². The Hall–Kier alpha value is -3.05. The molecule has 0 saturated carbocycles. The van der Waals surface area contributed by atoms with Crippen LogP contribution in [0.3, 0.4) is 0 Å². The second-order valence-corrected chi connectivity index (χ2v) is 9.12. The molecule has 3 aromatic rings. The zero-order chi connectivity index (χ0) is 22.0. The lowest BCUT2D eigenvalue weighted by Crippen LogP contribution is -2.23. The number of amides is 1. The lowest BCUT2D eigenvalue weighted by atomic mass is 10.0. The highest BCUT2D eigenvalue weighted by molar-refractivity contribution is 8.18. The number of aryl methyl sites for hydroxylation is 1. The first-order chi connectivity index (χ1) is 14.9. The molecule has 0 N–H and O–H groups in total. The van der Waals surface area contributed by atoms with Gasteiger partial charge in [-0.25, -0.2) is 4.99 Å². The van der Waals surface area contributed by atoms with Gasteiger partial charge in [0.05, 0.1) is 17.2 Å². The van der Waals surface area contributed by atoms with E-state index in [-0.39, 0.29) is 5.91 Å². The van der Waals surface area contributed by atoms with Gasteiger partial charge in [0.15, 0.2) is 5.17 Å². The third-order valence-electron chi connectivity index (χ3n) is 5.04. The van der Waals surface area contributed by atoms with Gasteiger partial charge in [-0.1, -0.05) is 61.9 Å². The fraction of sp³-hybridized carbons (Fsp3) is 0.231. The normalized spacial score (nSPS) is 16.8. The first-order valence-electron chi connectivity index (χ1n) is 10.4. The van der Waals surface area contributed by atoms with E-state index in [1.165, 1.54) is 17.3 Å². The van der Waals surface area contributed by atoms with Gasteiger partial charge in [-0.3, -0.25) is 9.69 Å². The summed E-state index contributed by atoms with van der Waals surface area (Å²) in [7, 11) is 1.77. The molecule has 3 aromatic carbocycles. The number of carbonyl (C=O) groups excluding carboxylic acids is 1. The van der Waals surface area contributed by atoms with Crippen LogP contribution in [0, 0.1) is 12.8 Å². The average Bonchev–Trinajstić information content (AvgIpc) is 3.02. The predicted molar refractivity (Wildman–Crippen MR) is 131 cm³/mol. The number of hydrogen-bond acceptors (Lipinski definition) is 4. The molecule has 31 heavy (non-hydrogen) atoms. The fourth-order valence-electron chi connectivity index (χ4n) is 3.33. The van der Waals surface area contributed by atoms with E-state index in [4.69, 9.17) is 4.74 Å². The summed E-state index contributed by atoms with van der Waals surface area (Å²) < 4.78 is 6.02. The van der Waals surface area contributed by atoms with Crippen LogP contribution in [-0.2, 0) is 4.79 Å². The minimum Gasteiger partial charge on any atom is -0.493 e. The molecule has 1 aliphatic heterocycles. The van der Waals surface area contributed by atoms with E-state index in [1.54, 1.807) is 11.9 Å². The van der Waals surface area contributed by atoms with Gasteiger partial charge >= 0.3 is 0 Å². The predicted octanol–water partition coefficient (Wildman–Crippen LogP) is 6.42. The van der Waals surface area contributed by atoms with Crippen LogP contribution in [0.5, 0.6) is 5.75 Å². The molecule has 1 amide bonds. The number of hydrogen-bond donors (Lipinski definition) is 0. The highest BCUT2D eigenvalue weighted by Crippen LogP contribution is 2.36. The Morgan fingerprint density at radius 3 is 2.45 bits per heavy atom. The van der Waals surface area contributed by atoms with E-state index in [2.05, 4.69) is 31.0 Å². The summed E-state index contributed by atoms with van der Waals surface area (Å²) in [6.07, 6.45) is 1.95. The van der Waals surface area contributed by atoms with Crippen molar-refractivity contribution in [2.75, 3.05) is 13.7 Å². The van der Waals surface area contributed by atoms with Crippen molar-refractivity contribution in [3.8, 4) is 5.75 Å². The Morgan fingerprint density at radius 1 is 1.03 bits per heavy atom. The van der Waals surface area contributed by atoms with Crippen LogP contribution < -0.4 is 4.74 Å². The zero-order valence-electron chi connectivity index (χ0n) is 18.3. The Labute approximate surface area is 187 Å². The van der Waals surface area contributed by atoms with Crippen LogP contribution in [0.4, 0.5) is 5.69 Å². The number of likely N-dealkylation sites (N-methyl/N-ethyl adjacent to an activating group) is 1. The van der Waals surface area contributed by atoms with Crippen LogP contribution in [-0.4, -0.2) is 29.6 Å². The highest BCUT2D eigenvalue weighted by Gasteiger charge is 2.30. The molecule has 5 heteroatoms. The molecule has 0 unspecified atom stereocenters. The van der Waals surface area contributed by atoms with Gasteiger partial charge in [0.25, 0.3) is 5.91 Å². The van der Waals surface area contributed by atoms with E-state index in [1.807, 2.05) is 61.5 Å². The van der Waals surface area contributed by atoms with Crippen molar-refractivity contribution in [1.29, 1.82) is 0 Å². The SMILES string of the molecule is Cc1ccc(N=C2S/C(=C/c3ccc(OCC(C)C)c4ccccc34)C(=O)N2C)cc1.